The number of ketones is 1. The maximum absolute atomic E-state index is 13.4. The van der Waals surface area contributed by atoms with Crippen molar-refractivity contribution in [2.24, 2.45) is 0 Å². The van der Waals surface area contributed by atoms with Crippen LogP contribution in [0.25, 0.3) is 0 Å². The molecule has 0 heterocycles. The van der Waals surface area contributed by atoms with Crippen LogP contribution in [0.4, 0.5) is 22.0 Å². The Balaban J connectivity index is 2.34. The van der Waals surface area contributed by atoms with Gasteiger partial charge in [0.05, 0.1) is 5.56 Å². The molecular formula is C14H7F5O. The number of Topliss-reactive ketones (excluding diaryl/α,β-unsaturated/α-hetero) is 1. The van der Waals surface area contributed by atoms with Crippen LogP contribution in [0.15, 0.2) is 30.3 Å². The Morgan fingerprint density at radius 1 is 0.800 bits per heavy atom. The third-order valence-corrected chi connectivity index (χ3v) is 2.72. The lowest BCUT2D eigenvalue weighted by atomic mass is 10.0. The van der Waals surface area contributed by atoms with Gasteiger partial charge in [-0.05, 0) is 23.8 Å². The van der Waals surface area contributed by atoms with E-state index >= 15 is 0 Å². The van der Waals surface area contributed by atoms with E-state index < -0.39 is 46.9 Å². The molecular weight excluding hydrogens is 279 g/mol. The molecule has 0 radical (unpaired) electrons. The van der Waals surface area contributed by atoms with E-state index in [1.807, 2.05) is 0 Å². The lowest BCUT2D eigenvalue weighted by Crippen LogP contribution is -2.10. The molecule has 0 bridgehead atoms. The predicted octanol–water partition coefficient (Wildman–Crippen LogP) is 3.81. The summed E-state index contributed by atoms with van der Waals surface area (Å²) in [7, 11) is 0. The fourth-order valence-corrected chi connectivity index (χ4v) is 1.69. The van der Waals surface area contributed by atoms with Gasteiger partial charge in [-0.25, -0.2) is 22.0 Å². The summed E-state index contributed by atoms with van der Waals surface area (Å²) in [5, 5.41) is 0. The number of hydrogen-bond donors (Lipinski definition) is 0. The Hall–Kier alpha value is -2.24. The maximum atomic E-state index is 13.4. The van der Waals surface area contributed by atoms with Crippen molar-refractivity contribution in [2.75, 3.05) is 0 Å². The van der Waals surface area contributed by atoms with Gasteiger partial charge in [0.25, 0.3) is 0 Å². The highest BCUT2D eigenvalue weighted by Crippen LogP contribution is 2.19. The molecule has 0 unspecified atom stereocenters. The van der Waals surface area contributed by atoms with Gasteiger partial charge >= 0.3 is 0 Å². The van der Waals surface area contributed by atoms with E-state index in [9.17, 15) is 26.7 Å². The summed E-state index contributed by atoms with van der Waals surface area (Å²) in [6.07, 6.45) is -0.661. The number of benzene rings is 2. The molecule has 1 nitrogen and oxygen atoms in total. The minimum Gasteiger partial charge on any atom is -0.294 e. The second kappa shape index (κ2) is 5.40. The molecule has 0 amide bonds. The van der Waals surface area contributed by atoms with Crippen LogP contribution in [0, 0.1) is 29.1 Å². The first-order valence-corrected chi connectivity index (χ1v) is 5.51. The van der Waals surface area contributed by atoms with Crippen molar-refractivity contribution in [3.63, 3.8) is 0 Å². The van der Waals surface area contributed by atoms with E-state index in [0.717, 1.165) is 18.2 Å². The van der Waals surface area contributed by atoms with Gasteiger partial charge in [0.15, 0.2) is 34.9 Å². The van der Waals surface area contributed by atoms with Crippen molar-refractivity contribution < 1.29 is 26.7 Å². The van der Waals surface area contributed by atoms with Gasteiger partial charge in [-0.3, -0.25) is 4.79 Å². The number of rotatable bonds is 3. The topological polar surface area (TPSA) is 17.1 Å². The summed E-state index contributed by atoms with van der Waals surface area (Å²) in [6, 6.07) is 4.54. The minimum absolute atomic E-state index is 0.292. The van der Waals surface area contributed by atoms with Gasteiger partial charge in [-0.1, -0.05) is 12.1 Å². The van der Waals surface area contributed by atoms with E-state index in [1.165, 1.54) is 6.07 Å². The van der Waals surface area contributed by atoms with Crippen LogP contribution in [0.1, 0.15) is 15.9 Å². The van der Waals surface area contributed by atoms with E-state index in [4.69, 9.17) is 0 Å². The van der Waals surface area contributed by atoms with E-state index in [-0.39, 0.29) is 5.56 Å². The minimum atomic E-state index is -1.78. The van der Waals surface area contributed by atoms with Crippen LogP contribution in [0.3, 0.4) is 0 Å². The largest absolute Gasteiger partial charge is 0.294 e. The van der Waals surface area contributed by atoms with Crippen LogP contribution in [-0.4, -0.2) is 5.78 Å². The molecule has 0 N–H and O–H groups in total. The Morgan fingerprint density at radius 3 is 2.15 bits per heavy atom. The van der Waals surface area contributed by atoms with Gasteiger partial charge < -0.3 is 0 Å². The summed E-state index contributed by atoms with van der Waals surface area (Å²) in [4.78, 5) is 11.7. The summed E-state index contributed by atoms with van der Waals surface area (Å²) >= 11 is 0. The van der Waals surface area contributed by atoms with Gasteiger partial charge in [0, 0.05) is 6.42 Å². The number of carbonyl (C=O) groups is 1. The Morgan fingerprint density at radius 2 is 1.45 bits per heavy atom. The molecule has 2 rings (SSSR count). The molecule has 104 valence electrons. The summed E-state index contributed by atoms with van der Waals surface area (Å²) in [6.45, 7) is 0. The smallest absolute Gasteiger partial charge is 0.195 e. The molecule has 0 aromatic heterocycles. The molecule has 0 aliphatic rings. The maximum Gasteiger partial charge on any atom is 0.195 e. The fourth-order valence-electron chi connectivity index (χ4n) is 1.69. The standard InChI is InChI=1S/C14H7F5O/c15-9-3-1-2-7(12(9)17)6-11(20)8-4-5-10(16)14(19)13(8)18/h1-5H,6H2. The molecule has 2 aromatic carbocycles. The lowest BCUT2D eigenvalue weighted by molar-refractivity contribution is 0.0986. The summed E-state index contributed by atoms with van der Waals surface area (Å²) in [5.74, 6) is -8.23. The first-order chi connectivity index (χ1) is 9.41. The number of halogens is 5. The zero-order chi connectivity index (χ0) is 14.9. The van der Waals surface area contributed by atoms with Crippen LogP contribution in [0.2, 0.25) is 0 Å². The van der Waals surface area contributed by atoms with Crippen molar-refractivity contribution in [1.29, 1.82) is 0 Å². The summed E-state index contributed by atoms with van der Waals surface area (Å²) < 4.78 is 65.4. The highest BCUT2D eigenvalue weighted by molar-refractivity contribution is 5.97. The average molecular weight is 286 g/mol. The normalized spacial score (nSPS) is 10.7. The Kier molecular flexibility index (Phi) is 3.83. The molecule has 0 saturated heterocycles. The van der Waals surface area contributed by atoms with Crippen molar-refractivity contribution in [3.05, 3.63) is 70.5 Å². The number of carbonyl (C=O) groups excluding carboxylic acids is 1. The highest BCUT2D eigenvalue weighted by Gasteiger charge is 2.20. The van der Waals surface area contributed by atoms with Crippen LogP contribution >= 0.6 is 0 Å². The lowest BCUT2D eigenvalue weighted by Gasteiger charge is -2.05. The Bertz CT molecular complexity index is 682. The molecule has 20 heavy (non-hydrogen) atoms. The van der Waals surface area contributed by atoms with Crippen molar-refractivity contribution >= 4 is 5.78 Å². The quantitative estimate of drug-likeness (QED) is 0.476. The van der Waals surface area contributed by atoms with Crippen molar-refractivity contribution in [1.82, 2.24) is 0 Å². The fraction of sp³-hybridized carbons (Fsp3) is 0.0714. The second-order valence-electron chi connectivity index (χ2n) is 4.04. The van der Waals surface area contributed by atoms with Gasteiger partial charge in [0.1, 0.15) is 0 Å². The number of hydrogen-bond acceptors (Lipinski definition) is 1. The monoisotopic (exact) mass is 286 g/mol. The summed E-state index contributed by atoms with van der Waals surface area (Å²) in [5.41, 5.74) is -1.01. The third kappa shape index (κ3) is 2.54. The molecule has 0 atom stereocenters. The van der Waals surface area contributed by atoms with E-state index in [1.54, 1.807) is 0 Å². The zero-order valence-electron chi connectivity index (χ0n) is 9.89. The molecule has 6 heteroatoms. The molecule has 0 saturated carbocycles. The van der Waals surface area contributed by atoms with Gasteiger partial charge in [-0.15, -0.1) is 0 Å². The van der Waals surface area contributed by atoms with E-state index in [2.05, 4.69) is 0 Å². The Labute approximate surface area is 110 Å². The average Bonchev–Trinajstić information content (AvgIpc) is 2.41. The second-order valence-corrected chi connectivity index (χ2v) is 4.04. The van der Waals surface area contributed by atoms with Crippen LogP contribution in [-0.2, 0) is 6.42 Å². The SMILES string of the molecule is O=C(Cc1cccc(F)c1F)c1ccc(F)c(F)c1F. The highest BCUT2D eigenvalue weighted by atomic mass is 19.2. The molecule has 0 aliphatic carbocycles. The van der Waals surface area contributed by atoms with Crippen molar-refractivity contribution in [3.8, 4) is 0 Å². The first-order valence-electron chi connectivity index (χ1n) is 5.51. The molecule has 0 aliphatic heterocycles. The molecule has 2 aromatic rings. The molecule has 0 fully saturated rings. The van der Waals surface area contributed by atoms with E-state index in [0.29, 0.717) is 6.07 Å². The predicted molar refractivity (Wildman–Crippen MR) is 60.7 cm³/mol. The molecule has 0 spiro atoms. The van der Waals surface area contributed by atoms with Crippen molar-refractivity contribution in [2.45, 2.75) is 6.42 Å². The van der Waals surface area contributed by atoms with Crippen LogP contribution in [0.5, 0.6) is 0 Å². The first kappa shape index (κ1) is 14.2. The van der Waals surface area contributed by atoms with Gasteiger partial charge in [0.2, 0.25) is 0 Å². The van der Waals surface area contributed by atoms with Gasteiger partial charge in [-0.2, -0.15) is 0 Å². The third-order valence-electron chi connectivity index (χ3n) is 2.72. The zero-order valence-corrected chi connectivity index (χ0v) is 9.89. The van der Waals surface area contributed by atoms with Crippen LogP contribution < -0.4 is 0 Å².